The maximum absolute atomic E-state index is 12.5. The lowest BCUT2D eigenvalue weighted by Crippen LogP contribution is -2.28. The number of aryl methyl sites for hydroxylation is 2. The van der Waals surface area contributed by atoms with Gasteiger partial charge in [-0.25, -0.2) is 8.42 Å². The molecule has 1 aromatic heterocycles. The Morgan fingerprint density at radius 3 is 2.76 bits per heavy atom. The summed E-state index contributed by atoms with van der Waals surface area (Å²) in [5.41, 5.74) is 2.65. The third-order valence-electron chi connectivity index (χ3n) is 4.22. The smallest absolute Gasteiger partial charge is 0.272 e. The molecule has 7 nitrogen and oxygen atoms in total. The molecule has 1 aliphatic rings. The Labute approximate surface area is 147 Å². The van der Waals surface area contributed by atoms with Crippen molar-refractivity contribution in [1.82, 2.24) is 15.1 Å². The van der Waals surface area contributed by atoms with Crippen LogP contribution in [0.5, 0.6) is 0 Å². The summed E-state index contributed by atoms with van der Waals surface area (Å²) in [5.74, 6) is -0.261. The van der Waals surface area contributed by atoms with Crippen LogP contribution in [-0.4, -0.2) is 30.4 Å². The lowest BCUT2D eigenvalue weighted by molar-refractivity contribution is 0.0934. The number of anilines is 1. The number of carbonyl (C=O) groups excluding carboxylic acids is 1. The topological polar surface area (TPSA) is 93.1 Å². The summed E-state index contributed by atoms with van der Waals surface area (Å²) in [6.07, 6.45) is 4.24. The molecule has 2 aromatic rings. The zero-order valence-electron chi connectivity index (χ0n) is 14.3. The monoisotopic (exact) mass is 362 g/mol. The van der Waals surface area contributed by atoms with Crippen molar-refractivity contribution in [2.45, 2.75) is 38.8 Å². The van der Waals surface area contributed by atoms with Crippen molar-refractivity contribution in [3.05, 3.63) is 47.3 Å². The number of carbonyl (C=O) groups is 1. The van der Waals surface area contributed by atoms with Crippen LogP contribution in [0.2, 0.25) is 0 Å². The molecule has 0 saturated heterocycles. The minimum atomic E-state index is -3.39. The molecule has 1 amide bonds. The van der Waals surface area contributed by atoms with Crippen LogP contribution in [0, 0.1) is 0 Å². The Morgan fingerprint density at radius 1 is 1.28 bits per heavy atom. The minimum absolute atomic E-state index is 0.261. The van der Waals surface area contributed by atoms with Gasteiger partial charge in [0.15, 0.2) is 0 Å². The average molecular weight is 362 g/mol. The van der Waals surface area contributed by atoms with Gasteiger partial charge in [-0.05, 0) is 43.9 Å². The molecule has 2 N–H and O–H groups in total. The first-order valence-corrected chi connectivity index (χ1v) is 10.2. The van der Waals surface area contributed by atoms with Gasteiger partial charge in [0, 0.05) is 12.2 Å². The molecular formula is C17H22N4O3S. The molecule has 25 heavy (non-hydrogen) atoms. The van der Waals surface area contributed by atoms with Crippen LogP contribution in [0.1, 0.15) is 47.6 Å². The van der Waals surface area contributed by atoms with Gasteiger partial charge in [0.1, 0.15) is 5.69 Å². The minimum Gasteiger partial charge on any atom is -0.344 e. The fourth-order valence-corrected chi connectivity index (χ4v) is 3.63. The van der Waals surface area contributed by atoms with Crippen LogP contribution in [0.15, 0.2) is 30.3 Å². The maximum atomic E-state index is 12.5. The van der Waals surface area contributed by atoms with E-state index in [9.17, 15) is 13.2 Å². The second-order valence-corrected chi connectivity index (χ2v) is 8.11. The van der Waals surface area contributed by atoms with E-state index in [1.165, 1.54) is 0 Å². The molecule has 1 aromatic carbocycles. The molecule has 2 heterocycles. The van der Waals surface area contributed by atoms with E-state index in [0.29, 0.717) is 16.9 Å². The van der Waals surface area contributed by atoms with Crippen molar-refractivity contribution in [2.24, 2.45) is 0 Å². The standard InChI is InChI=1S/C17H22N4O3S/c1-12(14-8-3-4-9-15(14)20-25(2,23)24)18-17(22)16-11-13-7-5-6-10-21(13)19-16/h3-4,8-9,11-12,20H,5-7,10H2,1-2H3,(H,18,22). The van der Waals surface area contributed by atoms with Gasteiger partial charge in [-0.2, -0.15) is 5.10 Å². The number of hydrogen-bond acceptors (Lipinski definition) is 4. The van der Waals surface area contributed by atoms with Crippen LogP contribution in [0.3, 0.4) is 0 Å². The molecule has 1 atom stereocenters. The van der Waals surface area contributed by atoms with Crippen molar-refractivity contribution in [3.63, 3.8) is 0 Å². The zero-order valence-corrected chi connectivity index (χ0v) is 15.1. The summed E-state index contributed by atoms with van der Waals surface area (Å²) in [7, 11) is -3.39. The van der Waals surface area contributed by atoms with Gasteiger partial charge in [0.2, 0.25) is 10.0 Å². The predicted octanol–water partition coefficient (Wildman–Crippen LogP) is 2.08. The Bertz CT molecular complexity index is 866. The molecule has 3 rings (SSSR count). The fourth-order valence-electron chi connectivity index (χ4n) is 3.04. The Balaban J connectivity index is 1.77. The number of benzene rings is 1. The Kier molecular flexibility index (Phi) is 4.80. The van der Waals surface area contributed by atoms with E-state index in [0.717, 1.165) is 37.8 Å². The van der Waals surface area contributed by atoms with E-state index in [1.54, 1.807) is 24.3 Å². The first-order chi connectivity index (χ1) is 11.8. The third kappa shape index (κ3) is 4.19. The Morgan fingerprint density at radius 2 is 2.04 bits per heavy atom. The summed E-state index contributed by atoms with van der Waals surface area (Å²) >= 11 is 0. The van der Waals surface area contributed by atoms with Gasteiger partial charge in [-0.1, -0.05) is 18.2 Å². The van der Waals surface area contributed by atoms with Gasteiger partial charge in [-0.15, -0.1) is 0 Å². The number of nitrogens with one attached hydrogen (secondary N) is 2. The van der Waals surface area contributed by atoms with E-state index in [4.69, 9.17) is 0 Å². The highest BCUT2D eigenvalue weighted by Gasteiger charge is 2.20. The van der Waals surface area contributed by atoms with Crippen molar-refractivity contribution < 1.29 is 13.2 Å². The molecule has 0 spiro atoms. The van der Waals surface area contributed by atoms with E-state index in [1.807, 2.05) is 17.7 Å². The lowest BCUT2D eigenvalue weighted by Gasteiger charge is -2.18. The first kappa shape index (κ1) is 17.5. The highest BCUT2D eigenvalue weighted by Crippen LogP contribution is 2.24. The molecule has 1 unspecified atom stereocenters. The summed E-state index contributed by atoms with van der Waals surface area (Å²) in [6.45, 7) is 2.66. The number of hydrogen-bond donors (Lipinski definition) is 2. The van der Waals surface area contributed by atoms with Crippen molar-refractivity contribution in [1.29, 1.82) is 0 Å². The zero-order chi connectivity index (χ0) is 18.0. The SMILES string of the molecule is CC(NC(=O)c1cc2n(n1)CCCC2)c1ccccc1NS(C)(=O)=O. The molecular weight excluding hydrogens is 340 g/mol. The molecule has 0 saturated carbocycles. The molecule has 8 heteroatoms. The van der Waals surface area contributed by atoms with Gasteiger partial charge in [0.25, 0.3) is 5.91 Å². The number of para-hydroxylation sites is 1. The van der Waals surface area contributed by atoms with Gasteiger partial charge in [-0.3, -0.25) is 14.2 Å². The summed E-state index contributed by atoms with van der Waals surface area (Å²) in [4.78, 5) is 12.5. The highest BCUT2D eigenvalue weighted by molar-refractivity contribution is 7.92. The van der Waals surface area contributed by atoms with Crippen LogP contribution >= 0.6 is 0 Å². The van der Waals surface area contributed by atoms with Crippen LogP contribution < -0.4 is 10.0 Å². The number of nitrogens with zero attached hydrogens (tertiary/aromatic N) is 2. The average Bonchev–Trinajstić information content (AvgIpc) is 2.98. The third-order valence-corrected chi connectivity index (χ3v) is 4.81. The number of amides is 1. The number of rotatable bonds is 5. The normalized spacial score (nSPS) is 15.3. The van der Waals surface area contributed by atoms with Gasteiger partial charge in [0.05, 0.1) is 18.0 Å². The summed E-state index contributed by atoms with van der Waals surface area (Å²) < 4.78 is 27.4. The van der Waals surface area contributed by atoms with Crippen LogP contribution in [0.4, 0.5) is 5.69 Å². The van der Waals surface area contributed by atoms with Gasteiger partial charge >= 0.3 is 0 Å². The molecule has 1 aliphatic heterocycles. The van der Waals surface area contributed by atoms with Crippen LogP contribution in [-0.2, 0) is 23.0 Å². The number of aromatic nitrogens is 2. The largest absolute Gasteiger partial charge is 0.344 e. The summed E-state index contributed by atoms with van der Waals surface area (Å²) in [5, 5.41) is 7.27. The quantitative estimate of drug-likeness (QED) is 0.852. The fraction of sp³-hybridized carbons (Fsp3) is 0.412. The molecule has 0 aliphatic carbocycles. The van der Waals surface area contributed by atoms with Crippen LogP contribution in [0.25, 0.3) is 0 Å². The summed E-state index contributed by atoms with van der Waals surface area (Å²) in [6, 6.07) is 8.49. The first-order valence-electron chi connectivity index (χ1n) is 8.28. The van der Waals surface area contributed by atoms with Crippen molar-refractivity contribution in [3.8, 4) is 0 Å². The molecule has 0 fully saturated rings. The second kappa shape index (κ2) is 6.87. The van der Waals surface area contributed by atoms with Gasteiger partial charge < -0.3 is 5.32 Å². The maximum Gasteiger partial charge on any atom is 0.272 e. The number of fused-ring (bicyclic) bond motifs is 1. The van der Waals surface area contributed by atoms with E-state index < -0.39 is 10.0 Å². The molecule has 0 radical (unpaired) electrons. The lowest BCUT2D eigenvalue weighted by atomic mass is 10.1. The highest BCUT2D eigenvalue weighted by atomic mass is 32.2. The van der Waals surface area contributed by atoms with E-state index in [2.05, 4.69) is 15.1 Å². The molecule has 0 bridgehead atoms. The van der Waals surface area contributed by atoms with Crippen molar-refractivity contribution >= 4 is 21.6 Å². The van der Waals surface area contributed by atoms with E-state index >= 15 is 0 Å². The van der Waals surface area contributed by atoms with E-state index in [-0.39, 0.29) is 11.9 Å². The Hall–Kier alpha value is -2.35. The van der Waals surface area contributed by atoms with Crippen molar-refractivity contribution in [2.75, 3.05) is 11.0 Å². The predicted molar refractivity (Wildman–Crippen MR) is 96.0 cm³/mol. The number of sulfonamides is 1. The molecule has 134 valence electrons. The second-order valence-electron chi connectivity index (χ2n) is 6.36.